The van der Waals surface area contributed by atoms with Crippen molar-refractivity contribution >= 4 is 12.1 Å². The van der Waals surface area contributed by atoms with Crippen LogP contribution >= 0.6 is 0 Å². The van der Waals surface area contributed by atoms with E-state index in [1.54, 1.807) is 20.8 Å². The number of aliphatic carboxylic acids is 1. The summed E-state index contributed by atoms with van der Waals surface area (Å²) in [6, 6.07) is -1.62. The first-order valence-electron chi connectivity index (χ1n) is 5.19. The summed E-state index contributed by atoms with van der Waals surface area (Å²) in [6.45, 7) is 2.74. The van der Waals surface area contributed by atoms with Crippen LogP contribution in [0.25, 0.3) is 0 Å². The molecule has 0 saturated carbocycles. The monoisotopic (exact) mass is 269 g/mol. The fourth-order valence-corrected chi connectivity index (χ4v) is 1.06. The first-order chi connectivity index (χ1) is 8.03. The first-order valence-corrected chi connectivity index (χ1v) is 5.19. The van der Waals surface area contributed by atoms with Crippen molar-refractivity contribution in [1.29, 1.82) is 0 Å². The molecule has 0 aliphatic heterocycles. The molecule has 0 saturated heterocycles. The SMILES string of the molecule is CC(OC(F)F)C(NC(=O)OC(C)(C)C)C(=O)O. The van der Waals surface area contributed by atoms with Crippen LogP contribution in [0.5, 0.6) is 0 Å². The maximum absolute atomic E-state index is 12.0. The molecule has 0 fully saturated rings. The van der Waals surface area contributed by atoms with Gasteiger partial charge >= 0.3 is 18.7 Å². The van der Waals surface area contributed by atoms with Gasteiger partial charge in [0.05, 0.1) is 6.10 Å². The Morgan fingerprint density at radius 2 is 1.78 bits per heavy atom. The number of carboxylic acids is 1. The molecule has 0 bridgehead atoms. The molecule has 0 aromatic rings. The van der Waals surface area contributed by atoms with Crippen LogP contribution in [-0.4, -0.2) is 41.5 Å². The summed E-state index contributed by atoms with van der Waals surface area (Å²) in [6.07, 6.45) is -2.41. The number of alkyl halides is 2. The van der Waals surface area contributed by atoms with Gasteiger partial charge < -0.3 is 19.9 Å². The second kappa shape index (κ2) is 6.48. The zero-order valence-electron chi connectivity index (χ0n) is 10.6. The Kier molecular flexibility index (Phi) is 5.96. The van der Waals surface area contributed by atoms with Crippen molar-refractivity contribution in [1.82, 2.24) is 5.32 Å². The second-order valence-electron chi connectivity index (χ2n) is 4.56. The largest absolute Gasteiger partial charge is 0.480 e. The number of rotatable bonds is 5. The predicted octanol–water partition coefficient (Wildman–Crippen LogP) is 1.59. The van der Waals surface area contributed by atoms with Gasteiger partial charge in [-0.3, -0.25) is 0 Å². The van der Waals surface area contributed by atoms with Crippen LogP contribution in [0, 0.1) is 0 Å². The molecule has 2 atom stereocenters. The summed E-state index contributed by atoms with van der Waals surface area (Å²) < 4.78 is 32.8. The molecule has 0 aromatic carbocycles. The lowest BCUT2D eigenvalue weighted by Gasteiger charge is -2.24. The summed E-state index contributed by atoms with van der Waals surface area (Å²) >= 11 is 0. The maximum Gasteiger partial charge on any atom is 0.408 e. The number of carbonyl (C=O) groups is 2. The van der Waals surface area contributed by atoms with Crippen molar-refractivity contribution in [2.24, 2.45) is 0 Å². The van der Waals surface area contributed by atoms with Crippen LogP contribution in [0.3, 0.4) is 0 Å². The Morgan fingerprint density at radius 1 is 1.28 bits per heavy atom. The minimum atomic E-state index is -3.12. The number of halogens is 2. The van der Waals surface area contributed by atoms with E-state index in [4.69, 9.17) is 9.84 Å². The van der Waals surface area contributed by atoms with Gasteiger partial charge in [0.2, 0.25) is 0 Å². The van der Waals surface area contributed by atoms with Gasteiger partial charge in [0.25, 0.3) is 0 Å². The molecule has 6 nitrogen and oxygen atoms in total. The number of carbonyl (C=O) groups excluding carboxylic acids is 1. The van der Waals surface area contributed by atoms with E-state index in [-0.39, 0.29) is 0 Å². The van der Waals surface area contributed by atoms with Gasteiger partial charge in [-0.25, -0.2) is 9.59 Å². The minimum Gasteiger partial charge on any atom is -0.480 e. The third kappa shape index (κ3) is 7.00. The van der Waals surface area contributed by atoms with Gasteiger partial charge in [-0.05, 0) is 27.7 Å². The fraction of sp³-hybridized carbons (Fsp3) is 0.800. The Morgan fingerprint density at radius 3 is 2.11 bits per heavy atom. The standard InChI is InChI=1S/C10H17F2NO5/c1-5(17-8(11)12)6(7(14)15)13-9(16)18-10(2,3)4/h5-6,8H,1-4H3,(H,13,16)(H,14,15). The van der Waals surface area contributed by atoms with Crippen LogP contribution in [0.4, 0.5) is 13.6 Å². The molecule has 0 aliphatic rings. The minimum absolute atomic E-state index is 0.819. The molecule has 106 valence electrons. The lowest BCUT2D eigenvalue weighted by atomic mass is 10.2. The number of carboxylic acid groups (broad SMARTS) is 1. The lowest BCUT2D eigenvalue weighted by molar-refractivity contribution is -0.174. The molecule has 0 heterocycles. The molecular weight excluding hydrogens is 252 g/mol. The van der Waals surface area contributed by atoms with Crippen LogP contribution in [0.15, 0.2) is 0 Å². The smallest absolute Gasteiger partial charge is 0.408 e. The van der Waals surface area contributed by atoms with E-state index in [0.29, 0.717) is 0 Å². The van der Waals surface area contributed by atoms with Crippen molar-refractivity contribution in [2.45, 2.75) is 52.1 Å². The number of nitrogens with one attached hydrogen (secondary N) is 1. The van der Waals surface area contributed by atoms with E-state index >= 15 is 0 Å². The van der Waals surface area contributed by atoms with Gasteiger partial charge in [-0.2, -0.15) is 8.78 Å². The summed E-state index contributed by atoms with van der Waals surface area (Å²) in [4.78, 5) is 22.2. The quantitative estimate of drug-likeness (QED) is 0.791. The van der Waals surface area contributed by atoms with Gasteiger partial charge in [0.15, 0.2) is 6.04 Å². The van der Waals surface area contributed by atoms with Crippen molar-refractivity contribution in [3.05, 3.63) is 0 Å². The predicted molar refractivity (Wildman–Crippen MR) is 57.3 cm³/mol. The van der Waals surface area contributed by atoms with Gasteiger partial charge in [0.1, 0.15) is 5.60 Å². The van der Waals surface area contributed by atoms with Gasteiger partial charge in [-0.1, -0.05) is 0 Å². The van der Waals surface area contributed by atoms with Crippen molar-refractivity contribution in [3.8, 4) is 0 Å². The Bertz CT molecular complexity index is 303. The highest BCUT2D eigenvalue weighted by Gasteiger charge is 2.31. The fourth-order valence-electron chi connectivity index (χ4n) is 1.06. The third-order valence-corrected chi connectivity index (χ3v) is 1.73. The zero-order valence-corrected chi connectivity index (χ0v) is 10.6. The molecule has 2 N–H and O–H groups in total. The maximum atomic E-state index is 12.0. The first kappa shape index (κ1) is 16.6. The van der Waals surface area contributed by atoms with E-state index in [0.717, 1.165) is 6.92 Å². The zero-order chi connectivity index (χ0) is 14.5. The van der Waals surface area contributed by atoms with Crippen LogP contribution in [0.1, 0.15) is 27.7 Å². The highest BCUT2D eigenvalue weighted by atomic mass is 19.3. The molecule has 18 heavy (non-hydrogen) atoms. The molecule has 2 unspecified atom stereocenters. The summed E-state index contributed by atoms with van der Waals surface area (Å²) in [5.41, 5.74) is -0.819. The topological polar surface area (TPSA) is 84.9 Å². The molecule has 0 aromatic heterocycles. The summed E-state index contributed by atoms with van der Waals surface area (Å²) in [5.74, 6) is -1.49. The van der Waals surface area contributed by atoms with Crippen molar-refractivity contribution in [3.63, 3.8) is 0 Å². The third-order valence-electron chi connectivity index (χ3n) is 1.73. The van der Waals surface area contributed by atoms with Crippen molar-refractivity contribution < 1.29 is 33.0 Å². The second-order valence-corrected chi connectivity index (χ2v) is 4.56. The summed E-state index contributed by atoms with van der Waals surface area (Å²) in [5, 5.41) is 10.8. The normalized spacial score (nSPS) is 15.1. The highest BCUT2D eigenvalue weighted by molar-refractivity contribution is 5.80. The average molecular weight is 269 g/mol. The van der Waals surface area contributed by atoms with E-state index < -0.39 is 36.4 Å². The Hall–Kier alpha value is -1.44. The highest BCUT2D eigenvalue weighted by Crippen LogP contribution is 2.09. The van der Waals surface area contributed by atoms with Crippen molar-refractivity contribution in [2.75, 3.05) is 0 Å². The molecule has 0 rings (SSSR count). The van der Waals surface area contributed by atoms with Crippen LogP contribution in [0.2, 0.25) is 0 Å². The Labute approximate surface area is 103 Å². The molecule has 0 aliphatic carbocycles. The number of hydrogen-bond donors (Lipinski definition) is 2. The van der Waals surface area contributed by atoms with Gasteiger partial charge in [0, 0.05) is 0 Å². The Balaban J connectivity index is 4.54. The number of hydrogen-bond acceptors (Lipinski definition) is 4. The average Bonchev–Trinajstić information content (AvgIpc) is 2.09. The molecule has 0 spiro atoms. The molecule has 8 heteroatoms. The van der Waals surface area contributed by atoms with Crippen LogP contribution in [-0.2, 0) is 14.3 Å². The van der Waals surface area contributed by atoms with E-state index in [1.165, 1.54) is 0 Å². The lowest BCUT2D eigenvalue weighted by Crippen LogP contribution is -2.50. The van der Waals surface area contributed by atoms with Gasteiger partial charge in [-0.15, -0.1) is 0 Å². The summed E-state index contributed by atoms with van der Waals surface area (Å²) in [7, 11) is 0. The molecule has 0 radical (unpaired) electrons. The van der Waals surface area contributed by atoms with E-state index in [1.807, 2.05) is 5.32 Å². The van der Waals surface area contributed by atoms with E-state index in [2.05, 4.69) is 4.74 Å². The number of amides is 1. The molecular formula is C10H17F2NO5. The molecule has 1 amide bonds. The van der Waals surface area contributed by atoms with Crippen LogP contribution < -0.4 is 5.32 Å². The number of ether oxygens (including phenoxy) is 2. The number of alkyl carbamates (subject to hydrolysis) is 1. The van der Waals surface area contributed by atoms with E-state index in [9.17, 15) is 18.4 Å².